The zero-order valence-electron chi connectivity index (χ0n) is 16.4. The predicted molar refractivity (Wildman–Crippen MR) is 109 cm³/mol. The molecule has 0 saturated carbocycles. The normalized spacial score (nSPS) is 10.9. The molecule has 146 valence electrons. The van der Waals surface area contributed by atoms with Crippen molar-refractivity contribution in [2.45, 2.75) is 20.5 Å². The lowest BCUT2D eigenvalue weighted by atomic mass is 10.1. The highest BCUT2D eigenvalue weighted by Crippen LogP contribution is 2.23. The van der Waals surface area contributed by atoms with Gasteiger partial charge in [0, 0.05) is 17.0 Å². The fraction of sp³-hybridized carbons (Fsp3) is 0.174. The molecule has 0 aliphatic carbocycles. The van der Waals surface area contributed by atoms with Crippen molar-refractivity contribution in [3.05, 3.63) is 77.3 Å². The van der Waals surface area contributed by atoms with Gasteiger partial charge in [-0.15, -0.1) is 0 Å². The van der Waals surface area contributed by atoms with Crippen LogP contribution >= 0.6 is 0 Å². The van der Waals surface area contributed by atoms with Crippen LogP contribution in [0.2, 0.25) is 0 Å². The van der Waals surface area contributed by atoms with Gasteiger partial charge >= 0.3 is 5.97 Å². The Balaban J connectivity index is 1.48. The molecule has 0 amide bonds. The largest absolute Gasteiger partial charge is 0.497 e. The highest BCUT2D eigenvalue weighted by Gasteiger charge is 2.15. The molecule has 2 aromatic heterocycles. The van der Waals surface area contributed by atoms with E-state index in [1.54, 1.807) is 20.1 Å². The van der Waals surface area contributed by atoms with Crippen LogP contribution in [-0.4, -0.2) is 23.0 Å². The third-order valence-electron chi connectivity index (χ3n) is 4.64. The zero-order chi connectivity index (χ0) is 20.4. The number of esters is 1. The lowest BCUT2D eigenvalue weighted by molar-refractivity contribution is 0.0466. The van der Waals surface area contributed by atoms with Crippen LogP contribution < -0.4 is 4.74 Å². The zero-order valence-corrected chi connectivity index (χ0v) is 16.4. The van der Waals surface area contributed by atoms with Gasteiger partial charge < -0.3 is 13.9 Å². The van der Waals surface area contributed by atoms with Crippen molar-refractivity contribution in [3.63, 3.8) is 0 Å². The number of hydrogen-bond acceptors (Lipinski definition) is 6. The summed E-state index contributed by atoms with van der Waals surface area (Å²) >= 11 is 0. The van der Waals surface area contributed by atoms with Gasteiger partial charge in [0.2, 0.25) is 5.89 Å². The number of nitrogens with zero attached hydrogens (tertiary/aromatic N) is 2. The van der Waals surface area contributed by atoms with Gasteiger partial charge in [0.25, 0.3) is 0 Å². The van der Waals surface area contributed by atoms with E-state index in [1.165, 1.54) is 6.26 Å². The quantitative estimate of drug-likeness (QED) is 0.454. The van der Waals surface area contributed by atoms with Gasteiger partial charge in [-0.25, -0.2) is 9.78 Å². The average molecular weight is 388 g/mol. The van der Waals surface area contributed by atoms with Crippen LogP contribution in [0.5, 0.6) is 5.75 Å². The van der Waals surface area contributed by atoms with Gasteiger partial charge in [-0.1, -0.05) is 17.7 Å². The van der Waals surface area contributed by atoms with E-state index in [2.05, 4.69) is 9.97 Å². The maximum atomic E-state index is 12.6. The summed E-state index contributed by atoms with van der Waals surface area (Å²) in [5.74, 6) is 0.760. The molecule has 6 heteroatoms. The number of aryl methyl sites for hydroxylation is 2. The molecule has 2 aromatic carbocycles. The maximum absolute atomic E-state index is 12.6. The number of carbonyl (C=O) groups excluding carboxylic acids is 1. The third-order valence-corrected chi connectivity index (χ3v) is 4.64. The van der Waals surface area contributed by atoms with E-state index in [0.29, 0.717) is 22.8 Å². The van der Waals surface area contributed by atoms with E-state index < -0.39 is 5.97 Å². The van der Waals surface area contributed by atoms with Crippen LogP contribution in [0, 0.1) is 13.8 Å². The monoisotopic (exact) mass is 388 g/mol. The topological polar surface area (TPSA) is 74.5 Å². The van der Waals surface area contributed by atoms with Crippen LogP contribution in [-0.2, 0) is 11.3 Å². The van der Waals surface area contributed by atoms with Gasteiger partial charge in [-0.2, -0.15) is 0 Å². The highest BCUT2D eigenvalue weighted by atomic mass is 16.5. The lowest BCUT2D eigenvalue weighted by Crippen LogP contribution is -2.08. The Hall–Kier alpha value is -3.67. The van der Waals surface area contributed by atoms with Gasteiger partial charge in [-0.3, -0.25) is 4.98 Å². The molecule has 0 spiro atoms. The molecule has 0 fully saturated rings. The molecule has 0 aliphatic heterocycles. The van der Waals surface area contributed by atoms with Crippen molar-refractivity contribution in [1.82, 2.24) is 9.97 Å². The number of carbonyl (C=O) groups is 1. The third kappa shape index (κ3) is 3.96. The average Bonchev–Trinajstić information content (AvgIpc) is 3.20. The molecule has 0 atom stereocenters. The molecule has 4 aromatic rings. The SMILES string of the molecule is COc1ccc2cc(C(=O)OCc3coc(-c4ccc(C)cc4)n3)c(C)nc2c1. The summed E-state index contributed by atoms with van der Waals surface area (Å²) in [6, 6.07) is 15.2. The first-order valence-corrected chi connectivity index (χ1v) is 9.17. The van der Waals surface area contributed by atoms with Crippen molar-refractivity contribution < 1.29 is 18.7 Å². The van der Waals surface area contributed by atoms with Crippen LogP contribution in [0.1, 0.15) is 27.3 Å². The van der Waals surface area contributed by atoms with Crippen molar-refractivity contribution >= 4 is 16.9 Å². The highest BCUT2D eigenvalue weighted by molar-refractivity contribution is 5.95. The summed E-state index contributed by atoms with van der Waals surface area (Å²) < 4.78 is 16.2. The molecule has 4 rings (SSSR count). The van der Waals surface area contributed by atoms with Crippen LogP contribution in [0.3, 0.4) is 0 Å². The summed E-state index contributed by atoms with van der Waals surface area (Å²) in [6.07, 6.45) is 1.50. The molecule has 0 N–H and O–H groups in total. The maximum Gasteiger partial charge on any atom is 0.340 e. The number of oxazole rings is 1. The molecule has 0 unspecified atom stereocenters. The molecule has 0 radical (unpaired) electrons. The second kappa shape index (κ2) is 7.75. The van der Waals surface area contributed by atoms with Crippen molar-refractivity contribution in [3.8, 4) is 17.2 Å². The van der Waals surface area contributed by atoms with Crippen LogP contribution in [0.15, 0.2) is 59.2 Å². The van der Waals surface area contributed by atoms with E-state index in [9.17, 15) is 4.79 Å². The Labute approximate surface area is 168 Å². The van der Waals surface area contributed by atoms with Crippen molar-refractivity contribution in [2.24, 2.45) is 0 Å². The molecule has 2 heterocycles. The summed E-state index contributed by atoms with van der Waals surface area (Å²) in [4.78, 5) is 21.5. The van der Waals surface area contributed by atoms with Gasteiger partial charge in [0.1, 0.15) is 24.3 Å². The van der Waals surface area contributed by atoms with E-state index >= 15 is 0 Å². The van der Waals surface area contributed by atoms with Crippen LogP contribution in [0.4, 0.5) is 0 Å². The number of methoxy groups -OCH3 is 1. The van der Waals surface area contributed by atoms with Crippen molar-refractivity contribution in [2.75, 3.05) is 7.11 Å². The Kier molecular flexibility index (Phi) is 4.99. The van der Waals surface area contributed by atoms with E-state index in [1.807, 2.05) is 49.4 Å². The standard InChI is InChI=1S/C23H20N2O4/c1-14-4-6-16(7-5-14)22-25-18(12-28-22)13-29-23(26)20-10-17-8-9-19(27-3)11-21(17)24-15(20)2/h4-12H,13H2,1-3H3. The Bertz CT molecular complexity index is 1180. The second-order valence-electron chi connectivity index (χ2n) is 6.77. The lowest BCUT2D eigenvalue weighted by Gasteiger charge is -2.08. The number of ether oxygens (including phenoxy) is 2. The first kappa shape index (κ1) is 18.7. The number of pyridine rings is 1. The number of rotatable bonds is 5. The number of fused-ring (bicyclic) bond motifs is 1. The minimum Gasteiger partial charge on any atom is -0.497 e. The summed E-state index contributed by atoms with van der Waals surface area (Å²) in [5.41, 5.74) is 4.36. The van der Waals surface area contributed by atoms with E-state index in [0.717, 1.165) is 27.8 Å². The summed E-state index contributed by atoms with van der Waals surface area (Å²) in [5, 5.41) is 0.839. The first-order valence-electron chi connectivity index (χ1n) is 9.17. The summed E-state index contributed by atoms with van der Waals surface area (Å²) in [6.45, 7) is 3.82. The Morgan fingerprint density at radius 1 is 1.03 bits per heavy atom. The minimum atomic E-state index is -0.451. The molecule has 0 saturated heterocycles. The number of aromatic nitrogens is 2. The predicted octanol–water partition coefficient (Wildman–Crippen LogP) is 4.87. The van der Waals surface area contributed by atoms with Gasteiger partial charge in [0.05, 0.1) is 23.9 Å². The fourth-order valence-corrected chi connectivity index (χ4v) is 3.00. The van der Waals surface area contributed by atoms with Gasteiger partial charge in [-0.05, 0) is 44.2 Å². The summed E-state index contributed by atoms with van der Waals surface area (Å²) in [7, 11) is 1.61. The van der Waals surface area contributed by atoms with Gasteiger partial charge in [0.15, 0.2) is 0 Å². The minimum absolute atomic E-state index is 0.0221. The molecule has 0 bridgehead atoms. The molecular formula is C23H20N2O4. The number of hydrogen-bond donors (Lipinski definition) is 0. The Morgan fingerprint density at radius 2 is 1.83 bits per heavy atom. The first-order chi connectivity index (χ1) is 14.0. The Morgan fingerprint density at radius 3 is 2.59 bits per heavy atom. The molecule has 0 aliphatic rings. The number of benzene rings is 2. The smallest absolute Gasteiger partial charge is 0.340 e. The second-order valence-corrected chi connectivity index (χ2v) is 6.77. The molecule has 29 heavy (non-hydrogen) atoms. The van der Waals surface area contributed by atoms with E-state index in [-0.39, 0.29) is 6.61 Å². The molecule has 6 nitrogen and oxygen atoms in total. The van der Waals surface area contributed by atoms with E-state index in [4.69, 9.17) is 13.9 Å². The fourth-order valence-electron chi connectivity index (χ4n) is 3.00. The molecular weight excluding hydrogens is 368 g/mol. The van der Waals surface area contributed by atoms with Crippen LogP contribution in [0.25, 0.3) is 22.4 Å². The van der Waals surface area contributed by atoms with Crippen molar-refractivity contribution in [1.29, 1.82) is 0 Å².